The van der Waals surface area contributed by atoms with E-state index in [4.69, 9.17) is 5.73 Å². The van der Waals surface area contributed by atoms with Crippen molar-refractivity contribution in [2.75, 3.05) is 13.1 Å². The molecule has 0 bridgehead atoms. The Morgan fingerprint density at radius 2 is 2.28 bits per heavy atom. The lowest BCUT2D eigenvalue weighted by molar-refractivity contribution is 0.0951. The van der Waals surface area contributed by atoms with Crippen molar-refractivity contribution in [2.24, 2.45) is 11.7 Å². The number of amides is 1. The topological polar surface area (TPSA) is 55.1 Å². The van der Waals surface area contributed by atoms with Crippen molar-refractivity contribution in [1.29, 1.82) is 0 Å². The quantitative estimate of drug-likeness (QED) is 0.788. The van der Waals surface area contributed by atoms with Gasteiger partial charge in [-0.1, -0.05) is 17.9 Å². The first-order chi connectivity index (χ1) is 8.70. The van der Waals surface area contributed by atoms with E-state index in [9.17, 15) is 4.79 Å². The largest absolute Gasteiger partial charge is 0.352 e. The molecular weight excluding hydrogens is 224 g/mol. The van der Waals surface area contributed by atoms with E-state index >= 15 is 0 Å². The molecule has 0 aromatic heterocycles. The van der Waals surface area contributed by atoms with E-state index in [1.54, 1.807) is 0 Å². The van der Waals surface area contributed by atoms with Gasteiger partial charge >= 0.3 is 0 Å². The molecule has 0 aliphatic heterocycles. The maximum atomic E-state index is 12.0. The van der Waals surface area contributed by atoms with Gasteiger partial charge in [0.05, 0.1) is 6.54 Å². The summed E-state index contributed by atoms with van der Waals surface area (Å²) in [6.45, 7) is 3.06. The van der Waals surface area contributed by atoms with Gasteiger partial charge in [0.25, 0.3) is 5.91 Å². The minimum Gasteiger partial charge on any atom is -0.352 e. The molecule has 1 aliphatic rings. The molecule has 1 amide bonds. The molecule has 1 aromatic rings. The van der Waals surface area contributed by atoms with Gasteiger partial charge in [-0.05, 0) is 43.4 Å². The Balaban J connectivity index is 2.11. The van der Waals surface area contributed by atoms with Crippen molar-refractivity contribution in [3.63, 3.8) is 0 Å². The van der Waals surface area contributed by atoms with E-state index < -0.39 is 0 Å². The highest BCUT2D eigenvalue weighted by Gasteiger charge is 2.22. The fourth-order valence-corrected chi connectivity index (χ4v) is 1.75. The van der Waals surface area contributed by atoms with E-state index in [1.165, 1.54) is 12.8 Å². The SMILES string of the molecule is Cc1ccc(C#CCN)cc1C(=O)NCC1CC1. The van der Waals surface area contributed by atoms with Crippen LogP contribution in [-0.2, 0) is 0 Å². The smallest absolute Gasteiger partial charge is 0.251 e. The highest BCUT2D eigenvalue weighted by Crippen LogP contribution is 2.27. The van der Waals surface area contributed by atoms with E-state index in [-0.39, 0.29) is 5.91 Å². The van der Waals surface area contributed by atoms with E-state index in [2.05, 4.69) is 17.2 Å². The molecule has 0 saturated heterocycles. The van der Waals surface area contributed by atoms with E-state index in [1.807, 2.05) is 25.1 Å². The zero-order valence-electron chi connectivity index (χ0n) is 10.6. The first-order valence-electron chi connectivity index (χ1n) is 6.28. The van der Waals surface area contributed by atoms with Crippen LogP contribution in [-0.4, -0.2) is 19.0 Å². The van der Waals surface area contributed by atoms with Crippen LogP contribution in [0.3, 0.4) is 0 Å². The normalized spacial score (nSPS) is 13.7. The molecule has 18 heavy (non-hydrogen) atoms. The van der Waals surface area contributed by atoms with Crippen LogP contribution in [0.4, 0.5) is 0 Å². The van der Waals surface area contributed by atoms with Gasteiger partial charge in [-0.15, -0.1) is 0 Å². The number of hydrogen-bond acceptors (Lipinski definition) is 2. The molecule has 1 aromatic carbocycles. The zero-order chi connectivity index (χ0) is 13.0. The molecule has 0 atom stereocenters. The number of benzene rings is 1. The molecule has 94 valence electrons. The Morgan fingerprint density at radius 1 is 1.50 bits per heavy atom. The van der Waals surface area contributed by atoms with Crippen molar-refractivity contribution in [3.8, 4) is 11.8 Å². The van der Waals surface area contributed by atoms with Crippen molar-refractivity contribution < 1.29 is 4.79 Å². The Kier molecular flexibility index (Phi) is 4.01. The Morgan fingerprint density at radius 3 is 2.94 bits per heavy atom. The molecule has 1 aliphatic carbocycles. The van der Waals surface area contributed by atoms with Gasteiger partial charge < -0.3 is 11.1 Å². The predicted octanol–water partition coefficient (Wildman–Crippen LogP) is 1.45. The average Bonchev–Trinajstić information content (AvgIpc) is 3.19. The van der Waals surface area contributed by atoms with Gasteiger partial charge in [-0.25, -0.2) is 0 Å². The number of nitrogens with one attached hydrogen (secondary N) is 1. The monoisotopic (exact) mass is 242 g/mol. The summed E-state index contributed by atoms with van der Waals surface area (Å²) in [4.78, 5) is 12.0. The summed E-state index contributed by atoms with van der Waals surface area (Å²) in [6, 6.07) is 5.67. The van der Waals surface area contributed by atoms with Gasteiger partial charge in [-0.2, -0.15) is 0 Å². The molecule has 1 fully saturated rings. The Labute approximate surface area is 108 Å². The Hall–Kier alpha value is -1.79. The summed E-state index contributed by atoms with van der Waals surface area (Å²) < 4.78 is 0. The third-order valence-corrected chi connectivity index (χ3v) is 3.07. The first kappa shape index (κ1) is 12.7. The van der Waals surface area contributed by atoms with Crippen LogP contribution in [0.15, 0.2) is 18.2 Å². The van der Waals surface area contributed by atoms with Crippen molar-refractivity contribution in [2.45, 2.75) is 19.8 Å². The maximum absolute atomic E-state index is 12.0. The number of carbonyl (C=O) groups excluding carboxylic acids is 1. The first-order valence-corrected chi connectivity index (χ1v) is 6.28. The third-order valence-electron chi connectivity index (χ3n) is 3.07. The molecule has 3 N–H and O–H groups in total. The van der Waals surface area contributed by atoms with Crippen LogP contribution in [0.5, 0.6) is 0 Å². The van der Waals surface area contributed by atoms with Crippen LogP contribution in [0.1, 0.15) is 34.3 Å². The fraction of sp³-hybridized carbons (Fsp3) is 0.400. The van der Waals surface area contributed by atoms with Crippen LogP contribution in [0.2, 0.25) is 0 Å². The molecule has 0 spiro atoms. The summed E-state index contributed by atoms with van der Waals surface area (Å²) in [5, 5.41) is 2.97. The Bertz CT molecular complexity index is 507. The highest BCUT2D eigenvalue weighted by atomic mass is 16.1. The van der Waals surface area contributed by atoms with Crippen molar-refractivity contribution in [1.82, 2.24) is 5.32 Å². The van der Waals surface area contributed by atoms with E-state index in [0.717, 1.165) is 17.7 Å². The average molecular weight is 242 g/mol. The summed E-state index contributed by atoms with van der Waals surface area (Å²) in [7, 11) is 0. The van der Waals surface area contributed by atoms with E-state index in [0.29, 0.717) is 18.0 Å². The number of nitrogens with two attached hydrogens (primary N) is 1. The second-order valence-corrected chi connectivity index (χ2v) is 4.69. The summed E-state index contributed by atoms with van der Waals surface area (Å²) in [5.74, 6) is 6.43. The molecule has 0 unspecified atom stereocenters. The summed E-state index contributed by atoms with van der Waals surface area (Å²) in [6.07, 6.45) is 2.47. The van der Waals surface area contributed by atoms with Gasteiger partial charge in [0, 0.05) is 17.7 Å². The fourth-order valence-electron chi connectivity index (χ4n) is 1.75. The van der Waals surface area contributed by atoms with Gasteiger partial charge in [-0.3, -0.25) is 4.79 Å². The number of hydrogen-bond donors (Lipinski definition) is 2. The van der Waals surface area contributed by atoms with Gasteiger partial charge in [0.1, 0.15) is 0 Å². The number of rotatable bonds is 3. The lowest BCUT2D eigenvalue weighted by Crippen LogP contribution is -2.26. The van der Waals surface area contributed by atoms with Gasteiger partial charge in [0.15, 0.2) is 0 Å². The van der Waals surface area contributed by atoms with Crippen LogP contribution < -0.4 is 11.1 Å². The molecule has 2 rings (SSSR count). The molecule has 1 saturated carbocycles. The summed E-state index contributed by atoms with van der Waals surface area (Å²) in [5.41, 5.74) is 7.86. The molecule has 0 radical (unpaired) electrons. The van der Waals surface area contributed by atoms with Crippen LogP contribution >= 0.6 is 0 Å². The third kappa shape index (κ3) is 3.35. The number of carbonyl (C=O) groups is 1. The lowest BCUT2D eigenvalue weighted by atomic mass is 10.0. The minimum absolute atomic E-state index is 0.00389. The lowest BCUT2D eigenvalue weighted by Gasteiger charge is -2.07. The zero-order valence-corrected chi connectivity index (χ0v) is 10.6. The highest BCUT2D eigenvalue weighted by molar-refractivity contribution is 5.96. The van der Waals surface area contributed by atoms with Crippen molar-refractivity contribution in [3.05, 3.63) is 34.9 Å². The second-order valence-electron chi connectivity index (χ2n) is 4.69. The van der Waals surface area contributed by atoms with Gasteiger partial charge in [0.2, 0.25) is 0 Å². The number of aryl methyl sites for hydroxylation is 1. The second kappa shape index (κ2) is 5.70. The standard InChI is InChI=1S/C15H18N2O/c1-11-4-5-12(3-2-8-16)9-14(11)15(18)17-10-13-6-7-13/h4-5,9,13H,6-8,10,16H2,1H3,(H,17,18). The predicted molar refractivity (Wildman–Crippen MR) is 72.2 cm³/mol. The maximum Gasteiger partial charge on any atom is 0.251 e. The molecule has 3 heteroatoms. The van der Waals surface area contributed by atoms with Crippen LogP contribution in [0.25, 0.3) is 0 Å². The molecular formula is C15H18N2O. The molecule has 3 nitrogen and oxygen atoms in total. The summed E-state index contributed by atoms with van der Waals surface area (Å²) >= 11 is 0. The van der Waals surface area contributed by atoms with Crippen LogP contribution in [0, 0.1) is 24.7 Å². The molecule has 0 heterocycles. The minimum atomic E-state index is -0.00389. The van der Waals surface area contributed by atoms with Crippen molar-refractivity contribution >= 4 is 5.91 Å².